The van der Waals surface area contributed by atoms with Crippen LogP contribution in [0.5, 0.6) is 0 Å². The molecule has 0 amide bonds. The van der Waals surface area contributed by atoms with E-state index in [0.717, 1.165) is 45.4 Å². The van der Waals surface area contributed by atoms with Crippen molar-refractivity contribution >= 4 is 59.7 Å². The highest BCUT2D eigenvalue weighted by molar-refractivity contribution is 5.93. The van der Waals surface area contributed by atoms with E-state index < -0.39 is 182 Å². The number of ether oxygens (including phenoxy) is 16. The van der Waals surface area contributed by atoms with Gasteiger partial charge in [0.2, 0.25) is 0 Å². The number of esters is 10. The third-order valence-electron chi connectivity index (χ3n) is 18.6. The van der Waals surface area contributed by atoms with Crippen LogP contribution in [0.4, 0.5) is 0 Å². The number of allylic oxidation sites excluding steroid dienone is 1. The van der Waals surface area contributed by atoms with Crippen LogP contribution >= 0.6 is 0 Å². The Labute approximate surface area is 667 Å². The molecule has 0 aromatic heterocycles. The molecule has 0 N–H and O–H groups in total. The van der Waals surface area contributed by atoms with Crippen molar-refractivity contribution in [1.29, 1.82) is 0 Å². The number of benzene rings is 7. The van der Waals surface area contributed by atoms with Crippen molar-refractivity contribution in [2.24, 2.45) is 10.8 Å². The van der Waals surface area contributed by atoms with Crippen LogP contribution in [0, 0.1) is 10.8 Å². The van der Waals surface area contributed by atoms with E-state index in [4.69, 9.17) is 75.8 Å². The Bertz CT molecular complexity index is 4350. The summed E-state index contributed by atoms with van der Waals surface area (Å²) < 4.78 is 103. The molecule has 0 unspecified atom stereocenters. The third kappa shape index (κ3) is 24.4. The van der Waals surface area contributed by atoms with Crippen LogP contribution in [0.25, 0.3) is 0 Å². The van der Waals surface area contributed by atoms with E-state index in [1.165, 1.54) is 106 Å². The summed E-state index contributed by atoms with van der Waals surface area (Å²) in [5.74, 6) is -9.45. The van der Waals surface area contributed by atoms with Gasteiger partial charge < -0.3 is 75.8 Å². The van der Waals surface area contributed by atoms with E-state index in [0.29, 0.717) is 6.42 Å². The van der Waals surface area contributed by atoms with Gasteiger partial charge in [0.25, 0.3) is 0 Å². The number of rotatable bonds is 37. The summed E-state index contributed by atoms with van der Waals surface area (Å²) in [5, 5.41) is 0. The number of unbranched alkanes of at least 4 members (excludes halogenated alkanes) is 6. The zero-order valence-corrected chi connectivity index (χ0v) is 65.0. The van der Waals surface area contributed by atoms with Gasteiger partial charge in [-0.25, -0.2) is 33.6 Å². The summed E-state index contributed by atoms with van der Waals surface area (Å²) in [6.07, 6.45) is -19.6. The summed E-state index contributed by atoms with van der Waals surface area (Å²) in [7, 11) is 0. The number of hydrogen-bond donors (Lipinski definition) is 0. The average molecular weight is 1580 g/mol. The van der Waals surface area contributed by atoms with Crippen LogP contribution in [0.3, 0.4) is 0 Å². The maximum absolute atomic E-state index is 14.8. The van der Waals surface area contributed by atoms with Gasteiger partial charge in [0.15, 0.2) is 67.7 Å². The molecule has 3 fully saturated rings. The smallest absolute Gasteiger partial charge is 0.338 e. The summed E-state index contributed by atoms with van der Waals surface area (Å²) in [5.41, 5.74) is -2.32. The lowest BCUT2D eigenvalue weighted by atomic mass is 9.97. The zero-order valence-electron chi connectivity index (χ0n) is 65.0. The second kappa shape index (κ2) is 41.7. The third-order valence-corrected chi connectivity index (χ3v) is 18.6. The lowest BCUT2D eigenvalue weighted by Gasteiger charge is -2.32. The minimum Gasteiger partial charge on any atom is -0.462 e. The normalized spacial score (nSPS) is 21.8. The average Bonchev–Trinajstić information content (AvgIpc) is 1.64. The molecule has 3 aliphatic heterocycles. The van der Waals surface area contributed by atoms with E-state index in [1.54, 1.807) is 148 Å². The molecule has 7 aromatic carbocycles. The largest absolute Gasteiger partial charge is 0.462 e. The van der Waals surface area contributed by atoms with E-state index >= 15 is 0 Å². The van der Waals surface area contributed by atoms with E-state index in [-0.39, 0.29) is 45.6 Å². The Hall–Kier alpha value is -11.3. The standard InChI is InChI=1S/C89H96O26/c1-9-10-11-12-13-14-15-37-52-100-83-73(110-81(96)62-48-33-21-34-49-62)71(108-79(94)60-44-29-19-30-45-60)67(112-83)65(106-78(93)59-42-27-18-28-43-59)54-102-84-74(115-87(99)89(6,7)8)70(104-56(2)90)69(113-84)66(55-103-86(98)88(3,4)5)107-85-75(111-82(97)63-50-35-22-36-51-63)72(109-80(95)61-46-31-20-32-47-61)68(114-85)64(105-77(92)58-40-25-17-26-41-58)53-101-76(91)57-38-23-16-24-39-57/h9,16-36,38-51,64-75,83-85H,1,10-15,37,52-55H2,2-8H3/t64-,65-,66-,67+,68+,69+,70+,71+,72+,73-,74-,75-,83-,84-,85-/m1/s1. The molecule has 26 nitrogen and oxygen atoms in total. The molecule has 7 aromatic rings. The van der Waals surface area contributed by atoms with Crippen LogP contribution in [0.2, 0.25) is 0 Å². The minimum absolute atomic E-state index is 0.0172. The van der Waals surface area contributed by atoms with E-state index in [1.807, 2.05) is 6.08 Å². The van der Waals surface area contributed by atoms with Gasteiger partial charge in [0.05, 0.1) is 56.4 Å². The highest BCUT2D eigenvalue weighted by Gasteiger charge is 2.61. The minimum atomic E-state index is -2.09. The first-order valence-corrected chi connectivity index (χ1v) is 38.1. The first kappa shape index (κ1) is 86.2. The molecule has 608 valence electrons. The Morgan fingerprint density at radius 3 is 1.05 bits per heavy atom. The fourth-order valence-corrected chi connectivity index (χ4v) is 12.6. The SMILES string of the molecule is C=CCCCCCCCCO[C@@H]1O[C@@H]([C@@H](CO[C@@H]2O[C@@H]([C@@H](COC(=O)C(C)(C)C)O[C@@H]3O[C@@H]([C@@H](COC(=O)c4ccccc4)OC(=O)c4ccccc4)[C@H](OC(=O)c4ccccc4)[C@H]3OC(=O)c3ccccc3)[C@H](OC(C)=O)[C@H]2OC(=O)C(C)(C)C)OC(=O)c2ccccc2)[C@H](OC(=O)c2ccccc2)[C@H]1OC(=O)c1ccccc1. The first-order chi connectivity index (χ1) is 55.3. The van der Waals surface area contributed by atoms with Crippen molar-refractivity contribution in [3.8, 4) is 0 Å². The van der Waals surface area contributed by atoms with Crippen LogP contribution in [0.1, 0.15) is 166 Å². The predicted molar refractivity (Wildman–Crippen MR) is 411 cm³/mol. The van der Waals surface area contributed by atoms with Gasteiger partial charge >= 0.3 is 59.7 Å². The molecule has 0 saturated carbocycles. The summed E-state index contributed by atoms with van der Waals surface area (Å²) in [6.45, 7) is 11.6. The quantitative estimate of drug-likeness (QED) is 0.0151. The second-order valence-corrected chi connectivity index (χ2v) is 29.6. The van der Waals surface area contributed by atoms with Crippen molar-refractivity contribution in [3.05, 3.63) is 264 Å². The monoisotopic (exact) mass is 1580 g/mol. The van der Waals surface area contributed by atoms with E-state index in [9.17, 15) is 47.9 Å². The van der Waals surface area contributed by atoms with Crippen LogP contribution in [-0.2, 0) is 90.2 Å². The van der Waals surface area contributed by atoms with E-state index in [2.05, 4.69) is 6.58 Å². The molecular formula is C89H96O26. The maximum Gasteiger partial charge on any atom is 0.338 e. The van der Waals surface area contributed by atoms with Gasteiger partial charge in [-0.15, -0.1) is 6.58 Å². The highest BCUT2D eigenvalue weighted by Crippen LogP contribution is 2.40. The summed E-state index contributed by atoms with van der Waals surface area (Å²) in [4.78, 5) is 144. The molecule has 0 spiro atoms. The molecule has 3 saturated heterocycles. The second-order valence-electron chi connectivity index (χ2n) is 29.6. The van der Waals surface area contributed by atoms with Gasteiger partial charge in [0, 0.05) is 13.5 Å². The number of carbonyl (C=O) groups excluding carboxylic acids is 10. The topological polar surface area (TPSA) is 318 Å². The molecule has 26 heteroatoms. The van der Waals surface area contributed by atoms with Crippen molar-refractivity contribution < 1.29 is 124 Å². The molecule has 115 heavy (non-hydrogen) atoms. The lowest BCUT2D eigenvalue weighted by molar-refractivity contribution is -0.250. The fourth-order valence-electron chi connectivity index (χ4n) is 12.6. The molecule has 0 aliphatic carbocycles. The summed E-state index contributed by atoms with van der Waals surface area (Å²) >= 11 is 0. The molecular weight excluding hydrogens is 1480 g/mol. The number of hydrogen-bond acceptors (Lipinski definition) is 26. The van der Waals surface area contributed by atoms with Gasteiger partial charge in [-0.05, 0) is 146 Å². The molecule has 3 aliphatic rings. The molecule has 0 bridgehead atoms. The fraction of sp³-hybridized carbons (Fsp3) is 0.393. The summed E-state index contributed by atoms with van der Waals surface area (Å²) in [6, 6.07) is 54.4. The molecule has 0 radical (unpaired) electrons. The molecule has 15 atom stereocenters. The Morgan fingerprint density at radius 1 is 0.339 bits per heavy atom. The van der Waals surface area contributed by atoms with Gasteiger partial charge in [-0.3, -0.25) is 14.4 Å². The predicted octanol–water partition coefficient (Wildman–Crippen LogP) is 13.2. The van der Waals surface area contributed by atoms with Gasteiger partial charge in [0.1, 0.15) is 37.6 Å². The first-order valence-electron chi connectivity index (χ1n) is 38.1. The van der Waals surface area contributed by atoms with Crippen molar-refractivity contribution in [1.82, 2.24) is 0 Å². The van der Waals surface area contributed by atoms with Gasteiger partial charge in [-0.1, -0.05) is 159 Å². The van der Waals surface area contributed by atoms with Crippen LogP contribution < -0.4 is 0 Å². The van der Waals surface area contributed by atoms with Crippen molar-refractivity contribution in [3.63, 3.8) is 0 Å². The molecule has 10 rings (SSSR count). The van der Waals surface area contributed by atoms with Crippen LogP contribution in [-0.4, -0.2) is 178 Å². The lowest BCUT2D eigenvalue weighted by Crippen LogP contribution is -2.50. The van der Waals surface area contributed by atoms with Gasteiger partial charge in [-0.2, -0.15) is 0 Å². The molecule has 3 heterocycles. The Morgan fingerprint density at radius 2 is 0.652 bits per heavy atom. The van der Waals surface area contributed by atoms with Crippen LogP contribution in [0.15, 0.2) is 225 Å². The van der Waals surface area contributed by atoms with Crippen molar-refractivity contribution in [2.75, 3.05) is 26.4 Å². The Kier molecular flexibility index (Phi) is 31.2. The zero-order chi connectivity index (χ0) is 82.0. The highest BCUT2D eigenvalue weighted by atomic mass is 16.8. The maximum atomic E-state index is 14.8. The Balaban J connectivity index is 1.08. The van der Waals surface area contributed by atoms with Crippen molar-refractivity contribution in [2.45, 2.75) is 186 Å². The number of carbonyl (C=O) groups is 10.